The van der Waals surface area contributed by atoms with Crippen molar-refractivity contribution in [3.63, 3.8) is 0 Å². The van der Waals surface area contributed by atoms with Crippen LogP contribution in [-0.2, 0) is 4.74 Å². The van der Waals surface area contributed by atoms with Crippen molar-refractivity contribution in [2.45, 2.75) is 26.1 Å². The van der Waals surface area contributed by atoms with Crippen LogP contribution in [0.1, 0.15) is 13.8 Å². The average Bonchev–Trinajstić information content (AvgIpc) is 1.82. The molecule has 0 aromatic heterocycles. The third kappa shape index (κ3) is 3.46. The van der Waals surface area contributed by atoms with Crippen molar-refractivity contribution in [2.75, 3.05) is 13.2 Å². The zero-order valence-electron chi connectivity index (χ0n) is 5.87. The Morgan fingerprint density at radius 2 is 2.11 bits per heavy atom. The molecule has 0 spiro atoms. The summed E-state index contributed by atoms with van der Waals surface area (Å²) in [5, 5.41) is 17.4. The maximum absolute atomic E-state index is 8.86. The Hall–Kier alpha value is -0.120. The van der Waals surface area contributed by atoms with Gasteiger partial charge in [-0.25, -0.2) is 0 Å². The van der Waals surface area contributed by atoms with E-state index in [0.29, 0.717) is 6.61 Å². The number of aliphatic hydroxyl groups is 2. The highest BCUT2D eigenvalue weighted by Gasteiger charge is 2.11. The largest absolute Gasteiger partial charge is 0.394 e. The van der Waals surface area contributed by atoms with E-state index in [4.69, 9.17) is 14.9 Å². The monoisotopic (exact) mass is 134 g/mol. The summed E-state index contributed by atoms with van der Waals surface area (Å²) in [4.78, 5) is 0. The van der Waals surface area contributed by atoms with Gasteiger partial charge in [0.05, 0.1) is 12.7 Å². The lowest BCUT2D eigenvalue weighted by molar-refractivity contribution is -0.0515. The van der Waals surface area contributed by atoms with Crippen molar-refractivity contribution in [3.05, 3.63) is 0 Å². The van der Waals surface area contributed by atoms with Crippen molar-refractivity contribution >= 4 is 0 Å². The van der Waals surface area contributed by atoms with Gasteiger partial charge in [-0.1, -0.05) is 0 Å². The molecule has 56 valence electrons. The molecule has 0 amide bonds. The van der Waals surface area contributed by atoms with Crippen LogP contribution in [0.3, 0.4) is 0 Å². The van der Waals surface area contributed by atoms with Gasteiger partial charge in [-0.05, 0) is 13.8 Å². The molecular formula is C6H14O3. The highest BCUT2D eigenvalue weighted by atomic mass is 16.5. The lowest BCUT2D eigenvalue weighted by Gasteiger charge is -2.16. The molecule has 0 fully saturated rings. The van der Waals surface area contributed by atoms with Crippen molar-refractivity contribution in [1.29, 1.82) is 0 Å². The van der Waals surface area contributed by atoms with Crippen LogP contribution < -0.4 is 0 Å². The molecule has 0 aliphatic carbocycles. The second-order valence-electron chi connectivity index (χ2n) is 1.92. The molecule has 0 aliphatic heterocycles. The Morgan fingerprint density at radius 1 is 1.56 bits per heavy atom. The molecule has 2 atom stereocenters. The first kappa shape index (κ1) is 8.88. The van der Waals surface area contributed by atoms with Gasteiger partial charge in [0.25, 0.3) is 0 Å². The standard InChI is InChI=1S/C6H14O3/c1-3-9-6(4-7)5(2)8/h5-8H,3-4H2,1-2H3. The Kier molecular flexibility index (Phi) is 4.67. The molecule has 2 unspecified atom stereocenters. The molecule has 0 bridgehead atoms. The van der Waals surface area contributed by atoms with E-state index in [9.17, 15) is 0 Å². The van der Waals surface area contributed by atoms with Gasteiger partial charge >= 0.3 is 0 Å². The van der Waals surface area contributed by atoms with Gasteiger partial charge < -0.3 is 14.9 Å². The Labute approximate surface area is 55.3 Å². The summed E-state index contributed by atoms with van der Waals surface area (Å²) in [6.45, 7) is 3.82. The lowest BCUT2D eigenvalue weighted by atomic mass is 10.2. The SMILES string of the molecule is CCOC(CO)C(C)O. The first-order valence-corrected chi connectivity index (χ1v) is 3.12. The van der Waals surface area contributed by atoms with E-state index in [1.807, 2.05) is 6.92 Å². The fraction of sp³-hybridized carbons (Fsp3) is 1.00. The van der Waals surface area contributed by atoms with Crippen LogP contribution in [0.15, 0.2) is 0 Å². The fourth-order valence-electron chi connectivity index (χ4n) is 0.559. The van der Waals surface area contributed by atoms with E-state index in [2.05, 4.69) is 0 Å². The second kappa shape index (κ2) is 4.73. The molecule has 0 saturated heterocycles. The van der Waals surface area contributed by atoms with E-state index >= 15 is 0 Å². The van der Waals surface area contributed by atoms with Crippen LogP contribution >= 0.6 is 0 Å². The first-order valence-electron chi connectivity index (χ1n) is 3.12. The van der Waals surface area contributed by atoms with Gasteiger partial charge in [0.15, 0.2) is 0 Å². The molecule has 0 rings (SSSR count). The molecule has 3 nitrogen and oxygen atoms in total. The molecular weight excluding hydrogens is 120 g/mol. The summed E-state index contributed by atoms with van der Waals surface area (Å²) >= 11 is 0. The summed E-state index contributed by atoms with van der Waals surface area (Å²) in [5.41, 5.74) is 0. The van der Waals surface area contributed by atoms with Gasteiger partial charge in [0, 0.05) is 6.61 Å². The number of rotatable bonds is 4. The highest BCUT2D eigenvalue weighted by molar-refractivity contribution is 4.61. The van der Waals surface area contributed by atoms with Gasteiger partial charge in [0.1, 0.15) is 6.10 Å². The Bertz CT molecular complexity index is 63.3. The molecule has 0 aromatic rings. The van der Waals surface area contributed by atoms with E-state index in [1.165, 1.54) is 0 Å². The summed E-state index contributed by atoms with van der Waals surface area (Å²) in [6, 6.07) is 0. The summed E-state index contributed by atoms with van der Waals surface area (Å²) in [5.74, 6) is 0. The van der Waals surface area contributed by atoms with Crippen molar-refractivity contribution in [1.82, 2.24) is 0 Å². The molecule has 3 heteroatoms. The smallest absolute Gasteiger partial charge is 0.106 e. The molecule has 0 aliphatic rings. The number of aliphatic hydroxyl groups excluding tert-OH is 2. The summed E-state index contributed by atoms with van der Waals surface area (Å²) in [7, 11) is 0. The minimum absolute atomic E-state index is 0.120. The van der Waals surface area contributed by atoms with Crippen molar-refractivity contribution < 1.29 is 14.9 Å². The highest BCUT2D eigenvalue weighted by Crippen LogP contribution is 1.96. The van der Waals surface area contributed by atoms with Crippen molar-refractivity contribution in [2.24, 2.45) is 0 Å². The van der Waals surface area contributed by atoms with Gasteiger partial charge in [0.2, 0.25) is 0 Å². The number of hydrogen-bond acceptors (Lipinski definition) is 3. The topological polar surface area (TPSA) is 49.7 Å². The predicted octanol–water partition coefficient (Wildman–Crippen LogP) is -0.235. The third-order valence-electron chi connectivity index (χ3n) is 1.10. The van der Waals surface area contributed by atoms with E-state index in [0.717, 1.165) is 0 Å². The zero-order chi connectivity index (χ0) is 7.28. The Morgan fingerprint density at radius 3 is 2.22 bits per heavy atom. The average molecular weight is 134 g/mol. The minimum Gasteiger partial charge on any atom is -0.394 e. The minimum atomic E-state index is -0.588. The normalized spacial score (nSPS) is 17.3. The quantitative estimate of drug-likeness (QED) is 0.558. The van der Waals surface area contributed by atoms with Crippen LogP contribution in [0.25, 0.3) is 0 Å². The van der Waals surface area contributed by atoms with Crippen LogP contribution in [-0.4, -0.2) is 35.6 Å². The van der Waals surface area contributed by atoms with Crippen LogP contribution in [0.5, 0.6) is 0 Å². The number of ether oxygens (including phenoxy) is 1. The second-order valence-corrected chi connectivity index (χ2v) is 1.92. The molecule has 0 radical (unpaired) electrons. The molecule has 2 N–H and O–H groups in total. The van der Waals surface area contributed by atoms with E-state index in [1.54, 1.807) is 6.92 Å². The lowest BCUT2D eigenvalue weighted by Crippen LogP contribution is -2.29. The molecule has 0 heterocycles. The third-order valence-corrected chi connectivity index (χ3v) is 1.10. The summed E-state index contributed by atoms with van der Waals surface area (Å²) in [6.07, 6.45) is -1.01. The van der Waals surface area contributed by atoms with E-state index < -0.39 is 12.2 Å². The van der Waals surface area contributed by atoms with Crippen LogP contribution in [0.4, 0.5) is 0 Å². The zero-order valence-corrected chi connectivity index (χ0v) is 5.87. The van der Waals surface area contributed by atoms with Crippen molar-refractivity contribution in [3.8, 4) is 0 Å². The maximum atomic E-state index is 8.86. The van der Waals surface area contributed by atoms with Gasteiger partial charge in [-0.15, -0.1) is 0 Å². The molecule has 0 saturated carbocycles. The Balaban J connectivity index is 3.41. The molecule has 0 aromatic carbocycles. The molecule has 9 heavy (non-hydrogen) atoms. The number of hydrogen-bond donors (Lipinski definition) is 2. The fourth-order valence-corrected chi connectivity index (χ4v) is 0.559. The van der Waals surface area contributed by atoms with Crippen LogP contribution in [0.2, 0.25) is 0 Å². The van der Waals surface area contributed by atoms with Crippen LogP contribution in [0, 0.1) is 0 Å². The first-order chi connectivity index (χ1) is 4.22. The maximum Gasteiger partial charge on any atom is 0.106 e. The predicted molar refractivity (Wildman–Crippen MR) is 34.2 cm³/mol. The van der Waals surface area contributed by atoms with Gasteiger partial charge in [-0.3, -0.25) is 0 Å². The summed E-state index contributed by atoms with van der Waals surface area (Å²) < 4.78 is 4.95. The van der Waals surface area contributed by atoms with E-state index in [-0.39, 0.29) is 6.61 Å². The van der Waals surface area contributed by atoms with Gasteiger partial charge in [-0.2, -0.15) is 0 Å².